The van der Waals surface area contributed by atoms with E-state index >= 15 is 0 Å². The maximum atomic E-state index is 6.01. The lowest BCUT2D eigenvalue weighted by Gasteiger charge is -2.30. The number of benzene rings is 1. The molecule has 2 aliphatic rings. The Hall–Kier alpha value is -1.06. The summed E-state index contributed by atoms with van der Waals surface area (Å²) in [5.41, 5.74) is 1.28. The highest BCUT2D eigenvalue weighted by atomic mass is 16.5. The van der Waals surface area contributed by atoms with Crippen LogP contribution in [-0.2, 0) is 6.54 Å². The zero-order valence-corrected chi connectivity index (χ0v) is 13.2. The number of hydrogen-bond donors (Lipinski definition) is 1. The molecule has 3 rings (SSSR count). The summed E-state index contributed by atoms with van der Waals surface area (Å²) in [6.07, 6.45) is 6.92. The topological polar surface area (TPSA) is 24.5 Å². The standard InChI is InChI=1S/C18H28N2O/c1-20(14-15-5-4-6-15)11-12-21-18-8-3-2-7-16(18)13-19-17-9-10-17/h2-3,7-8,15,17,19H,4-6,9-14H2,1H3. The first-order chi connectivity index (χ1) is 10.3. The molecule has 0 spiro atoms. The predicted molar refractivity (Wildman–Crippen MR) is 86.6 cm³/mol. The van der Waals surface area contributed by atoms with Crippen molar-refractivity contribution in [2.75, 3.05) is 26.7 Å². The van der Waals surface area contributed by atoms with E-state index in [1.807, 2.05) is 0 Å². The molecular formula is C18H28N2O. The number of rotatable bonds is 9. The maximum Gasteiger partial charge on any atom is 0.123 e. The Morgan fingerprint density at radius 1 is 1.19 bits per heavy atom. The lowest BCUT2D eigenvalue weighted by Crippen LogP contribution is -2.32. The van der Waals surface area contributed by atoms with Gasteiger partial charge in [0.2, 0.25) is 0 Å². The molecule has 2 fully saturated rings. The van der Waals surface area contributed by atoms with Gasteiger partial charge in [-0.2, -0.15) is 0 Å². The molecule has 3 nitrogen and oxygen atoms in total. The van der Waals surface area contributed by atoms with Crippen molar-refractivity contribution >= 4 is 0 Å². The van der Waals surface area contributed by atoms with E-state index in [-0.39, 0.29) is 0 Å². The van der Waals surface area contributed by atoms with Crippen LogP contribution in [0.1, 0.15) is 37.7 Å². The minimum Gasteiger partial charge on any atom is -0.492 e. The zero-order chi connectivity index (χ0) is 14.5. The van der Waals surface area contributed by atoms with Crippen LogP contribution in [-0.4, -0.2) is 37.7 Å². The normalized spacial score (nSPS) is 18.8. The van der Waals surface area contributed by atoms with Gasteiger partial charge in [-0.25, -0.2) is 0 Å². The number of nitrogens with zero attached hydrogens (tertiary/aromatic N) is 1. The number of nitrogens with one attached hydrogen (secondary N) is 1. The second kappa shape index (κ2) is 7.28. The zero-order valence-electron chi connectivity index (χ0n) is 13.2. The van der Waals surface area contributed by atoms with Crippen molar-refractivity contribution in [2.45, 2.75) is 44.7 Å². The van der Waals surface area contributed by atoms with Crippen LogP contribution >= 0.6 is 0 Å². The Morgan fingerprint density at radius 3 is 2.71 bits per heavy atom. The fraction of sp³-hybridized carbons (Fsp3) is 0.667. The SMILES string of the molecule is CN(CCOc1ccccc1CNC1CC1)CC1CCC1. The lowest BCUT2D eigenvalue weighted by atomic mass is 9.85. The second-order valence-electron chi connectivity index (χ2n) is 6.67. The first-order valence-electron chi connectivity index (χ1n) is 8.44. The highest BCUT2D eigenvalue weighted by Crippen LogP contribution is 2.26. The Bertz CT molecular complexity index is 441. The van der Waals surface area contributed by atoms with Gasteiger partial charge in [0.25, 0.3) is 0 Å². The molecule has 0 unspecified atom stereocenters. The van der Waals surface area contributed by atoms with Crippen LogP contribution in [0.25, 0.3) is 0 Å². The van der Waals surface area contributed by atoms with Gasteiger partial charge in [0.15, 0.2) is 0 Å². The van der Waals surface area contributed by atoms with Gasteiger partial charge >= 0.3 is 0 Å². The van der Waals surface area contributed by atoms with Crippen LogP contribution in [0.15, 0.2) is 24.3 Å². The molecule has 0 amide bonds. The first-order valence-corrected chi connectivity index (χ1v) is 8.44. The summed E-state index contributed by atoms with van der Waals surface area (Å²) < 4.78 is 6.01. The maximum absolute atomic E-state index is 6.01. The summed E-state index contributed by atoms with van der Waals surface area (Å²) in [4.78, 5) is 2.41. The Balaban J connectivity index is 1.40. The highest BCUT2D eigenvalue weighted by molar-refractivity contribution is 5.33. The summed E-state index contributed by atoms with van der Waals surface area (Å²) in [5, 5.41) is 3.56. The van der Waals surface area contributed by atoms with E-state index in [0.717, 1.165) is 37.4 Å². The number of ether oxygens (including phenoxy) is 1. The molecule has 0 atom stereocenters. The number of para-hydroxylation sites is 1. The third kappa shape index (κ3) is 4.72. The van der Waals surface area contributed by atoms with Gasteiger partial charge in [0.1, 0.15) is 12.4 Å². The highest BCUT2D eigenvalue weighted by Gasteiger charge is 2.21. The van der Waals surface area contributed by atoms with E-state index in [1.165, 1.54) is 44.2 Å². The molecule has 1 aromatic rings. The van der Waals surface area contributed by atoms with Crippen molar-refractivity contribution in [1.29, 1.82) is 0 Å². The summed E-state index contributed by atoms with van der Waals surface area (Å²) in [6.45, 7) is 3.96. The summed E-state index contributed by atoms with van der Waals surface area (Å²) >= 11 is 0. The molecule has 0 aliphatic heterocycles. The van der Waals surface area contributed by atoms with Gasteiger partial charge in [0.05, 0.1) is 0 Å². The molecule has 0 saturated heterocycles. The minimum atomic E-state index is 0.742. The largest absolute Gasteiger partial charge is 0.492 e. The summed E-state index contributed by atoms with van der Waals surface area (Å²) in [7, 11) is 2.21. The fourth-order valence-corrected chi connectivity index (χ4v) is 2.85. The quantitative estimate of drug-likeness (QED) is 0.756. The molecule has 1 aromatic carbocycles. The van der Waals surface area contributed by atoms with E-state index in [4.69, 9.17) is 4.74 Å². The molecule has 0 bridgehead atoms. The van der Waals surface area contributed by atoms with Crippen LogP contribution in [0, 0.1) is 5.92 Å². The number of likely N-dealkylation sites (N-methyl/N-ethyl adjacent to an activating group) is 1. The summed E-state index contributed by atoms with van der Waals surface area (Å²) in [6, 6.07) is 9.17. The van der Waals surface area contributed by atoms with Crippen molar-refractivity contribution in [3.63, 3.8) is 0 Å². The average molecular weight is 288 g/mol. The first kappa shape index (κ1) is 14.9. The molecule has 3 heteroatoms. The van der Waals surface area contributed by atoms with Crippen LogP contribution in [0.3, 0.4) is 0 Å². The van der Waals surface area contributed by atoms with E-state index in [0.29, 0.717) is 0 Å². The van der Waals surface area contributed by atoms with Crippen molar-refractivity contribution < 1.29 is 4.74 Å². The van der Waals surface area contributed by atoms with Crippen LogP contribution in [0.4, 0.5) is 0 Å². The molecule has 1 N–H and O–H groups in total. The van der Waals surface area contributed by atoms with E-state index < -0.39 is 0 Å². The third-order valence-electron chi connectivity index (χ3n) is 4.66. The van der Waals surface area contributed by atoms with Gasteiger partial charge in [-0.1, -0.05) is 24.6 Å². The number of hydrogen-bond acceptors (Lipinski definition) is 3. The smallest absolute Gasteiger partial charge is 0.123 e. The van der Waals surface area contributed by atoms with Crippen molar-refractivity contribution in [1.82, 2.24) is 10.2 Å². The van der Waals surface area contributed by atoms with Crippen LogP contribution in [0.2, 0.25) is 0 Å². The van der Waals surface area contributed by atoms with Crippen molar-refractivity contribution in [2.24, 2.45) is 5.92 Å². The average Bonchev–Trinajstić information content (AvgIpc) is 3.26. The van der Waals surface area contributed by atoms with Gasteiger partial charge in [-0.05, 0) is 44.7 Å². The van der Waals surface area contributed by atoms with Gasteiger partial charge in [-0.3, -0.25) is 0 Å². The Morgan fingerprint density at radius 2 is 2.00 bits per heavy atom. The minimum absolute atomic E-state index is 0.742. The lowest BCUT2D eigenvalue weighted by molar-refractivity contribution is 0.177. The van der Waals surface area contributed by atoms with Crippen molar-refractivity contribution in [3.8, 4) is 5.75 Å². The molecule has 0 radical (unpaired) electrons. The van der Waals surface area contributed by atoms with E-state index in [9.17, 15) is 0 Å². The van der Waals surface area contributed by atoms with Crippen molar-refractivity contribution in [3.05, 3.63) is 29.8 Å². The molecular weight excluding hydrogens is 260 g/mol. The molecule has 116 valence electrons. The molecule has 0 heterocycles. The molecule has 0 aromatic heterocycles. The van der Waals surface area contributed by atoms with E-state index in [2.05, 4.69) is 41.5 Å². The molecule has 2 aliphatic carbocycles. The summed E-state index contributed by atoms with van der Waals surface area (Å²) in [5.74, 6) is 1.98. The van der Waals surface area contributed by atoms with Gasteiger partial charge in [0, 0.05) is 31.2 Å². The molecule has 2 saturated carbocycles. The van der Waals surface area contributed by atoms with Crippen LogP contribution in [0.5, 0.6) is 5.75 Å². The Kier molecular flexibility index (Phi) is 5.15. The van der Waals surface area contributed by atoms with Gasteiger partial charge < -0.3 is 15.0 Å². The monoisotopic (exact) mass is 288 g/mol. The van der Waals surface area contributed by atoms with Gasteiger partial charge in [-0.15, -0.1) is 0 Å². The Labute approximate surface area is 128 Å². The molecule has 21 heavy (non-hydrogen) atoms. The fourth-order valence-electron chi connectivity index (χ4n) is 2.85. The predicted octanol–water partition coefficient (Wildman–Crippen LogP) is 3.05. The van der Waals surface area contributed by atoms with Crippen LogP contribution < -0.4 is 10.1 Å². The second-order valence-corrected chi connectivity index (χ2v) is 6.67. The van der Waals surface area contributed by atoms with E-state index in [1.54, 1.807) is 0 Å². The third-order valence-corrected chi connectivity index (χ3v) is 4.66.